The molecule has 0 saturated heterocycles. The van der Waals surface area contributed by atoms with E-state index >= 15 is 0 Å². The van der Waals surface area contributed by atoms with Gasteiger partial charge in [-0.15, -0.1) is 0 Å². The Morgan fingerprint density at radius 1 is 1.29 bits per heavy atom. The van der Waals surface area contributed by atoms with Gasteiger partial charge in [0.25, 0.3) is 0 Å². The van der Waals surface area contributed by atoms with Crippen LogP contribution in [0.5, 0.6) is 0 Å². The average molecular weight is 356 g/mol. The van der Waals surface area contributed by atoms with Crippen LogP contribution in [-0.4, -0.2) is 39.4 Å². The average Bonchev–Trinajstić information content (AvgIpc) is 2.51. The normalized spacial score (nSPS) is 12.8. The minimum atomic E-state index is -3.52. The van der Waals surface area contributed by atoms with Crippen LogP contribution in [0.4, 0.5) is 5.69 Å². The number of hydrogen-bond donors (Lipinski definition) is 2. The summed E-state index contributed by atoms with van der Waals surface area (Å²) >= 11 is 0. The Balaban J connectivity index is 3.13. The van der Waals surface area contributed by atoms with Gasteiger partial charge in [-0.05, 0) is 48.9 Å². The highest BCUT2D eigenvalue weighted by atomic mass is 32.2. The van der Waals surface area contributed by atoms with Crippen molar-refractivity contribution in [2.45, 2.75) is 45.4 Å². The van der Waals surface area contributed by atoms with Crippen molar-refractivity contribution in [2.75, 3.05) is 32.0 Å². The van der Waals surface area contributed by atoms with Crippen LogP contribution in [0.1, 0.15) is 40.5 Å². The van der Waals surface area contributed by atoms with E-state index in [-0.39, 0.29) is 11.3 Å². The molecule has 3 N–H and O–H groups in total. The Morgan fingerprint density at radius 2 is 1.96 bits per heavy atom. The zero-order valence-electron chi connectivity index (χ0n) is 15.7. The van der Waals surface area contributed by atoms with E-state index in [0.717, 1.165) is 18.5 Å². The third-order valence-electron chi connectivity index (χ3n) is 3.99. The number of nitrogens with zero attached hydrogens (tertiary/aromatic N) is 1. The fourth-order valence-corrected chi connectivity index (χ4v) is 4.59. The molecule has 0 heterocycles. The van der Waals surface area contributed by atoms with Gasteiger partial charge in [0.1, 0.15) is 0 Å². The van der Waals surface area contributed by atoms with Crippen molar-refractivity contribution >= 4 is 15.7 Å². The number of nitrogens with one attached hydrogen (secondary N) is 1. The van der Waals surface area contributed by atoms with Crippen LogP contribution in [0.15, 0.2) is 29.2 Å². The zero-order valence-corrected chi connectivity index (χ0v) is 16.5. The molecule has 0 aliphatic carbocycles. The summed E-state index contributed by atoms with van der Waals surface area (Å²) in [7, 11) is -1.74. The summed E-state index contributed by atoms with van der Waals surface area (Å²) in [5.41, 5.74) is 6.30. The van der Waals surface area contributed by atoms with E-state index in [2.05, 4.69) is 19.2 Å². The zero-order chi connectivity index (χ0) is 18.4. The summed E-state index contributed by atoms with van der Waals surface area (Å²) < 4.78 is 27.9. The third-order valence-corrected chi connectivity index (χ3v) is 5.80. The van der Waals surface area contributed by atoms with Gasteiger partial charge < -0.3 is 11.1 Å². The first kappa shape index (κ1) is 20.9. The maximum Gasteiger partial charge on any atom is 0.243 e. The molecule has 138 valence electrons. The molecule has 5 nitrogen and oxygen atoms in total. The van der Waals surface area contributed by atoms with Crippen molar-refractivity contribution in [2.24, 2.45) is 17.1 Å². The predicted molar refractivity (Wildman–Crippen MR) is 102 cm³/mol. The summed E-state index contributed by atoms with van der Waals surface area (Å²) in [4.78, 5) is 0.338. The minimum absolute atomic E-state index is 0.109. The second kappa shape index (κ2) is 8.83. The lowest BCUT2D eigenvalue weighted by Crippen LogP contribution is -2.41. The van der Waals surface area contributed by atoms with Crippen LogP contribution < -0.4 is 11.1 Å². The second-order valence-corrected chi connectivity index (χ2v) is 9.46. The Kier molecular flexibility index (Phi) is 7.70. The highest BCUT2D eigenvalue weighted by Gasteiger charge is 2.31. The molecule has 24 heavy (non-hydrogen) atoms. The molecule has 0 fully saturated rings. The van der Waals surface area contributed by atoms with Crippen molar-refractivity contribution in [3.63, 3.8) is 0 Å². The van der Waals surface area contributed by atoms with Gasteiger partial charge >= 0.3 is 0 Å². The minimum Gasteiger partial charge on any atom is -0.388 e. The Bertz CT molecular complexity index is 612. The van der Waals surface area contributed by atoms with Gasteiger partial charge in [-0.1, -0.05) is 33.8 Å². The van der Waals surface area contributed by atoms with Crippen LogP contribution in [0, 0.1) is 11.3 Å². The SMILES string of the molecule is CNc1cccc(S(=O)(=O)N(CC(C)C)CC(C)(C)CCCN)c1. The fraction of sp³-hybridized carbons (Fsp3) is 0.667. The van der Waals surface area contributed by atoms with Crippen molar-refractivity contribution < 1.29 is 8.42 Å². The number of anilines is 1. The molecule has 0 amide bonds. The molecule has 0 radical (unpaired) electrons. The quantitative estimate of drug-likeness (QED) is 0.676. The van der Waals surface area contributed by atoms with Gasteiger partial charge in [0, 0.05) is 25.8 Å². The van der Waals surface area contributed by atoms with E-state index in [9.17, 15) is 8.42 Å². The number of sulfonamides is 1. The summed E-state index contributed by atoms with van der Waals surface area (Å²) in [6.07, 6.45) is 1.81. The van der Waals surface area contributed by atoms with E-state index < -0.39 is 10.0 Å². The molecular weight excluding hydrogens is 322 g/mol. The summed E-state index contributed by atoms with van der Waals surface area (Å²) in [6.45, 7) is 9.93. The van der Waals surface area contributed by atoms with Gasteiger partial charge in [0.15, 0.2) is 0 Å². The van der Waals surface area contributed by atoms with Crippen molar-refractivity contribution in [1.29, 1.82) is 0 Å². The summed E-state index contributed by atoms with van der Waals surface area (Å²) in [5, 5.41) is 3.00. The van der Waals surface area contributed by atoms with Crippen molar-refractivity contribution in [3.05, 3.63) is 24.3 Å². The number of nitrogens with two attached hydrogens (primary N) is 1. The van der Waals surface area contributed by atoms with E-state index in [1.54, 1.807) is 29.6 Å². The molecule has 0 aliphatic heterocycles. The highest BCUT2D eigenvalue weighted by molar-refractivity contribution is 7.89. The monoisotopic (exact) mass is 355 g/mol. The Morgan fingerprint density at radius 3 is 2.50 bits per heavy atom. The Hall–Kier alpha value is -1.11. The summed E-state index contributed by atoms with van der Waals surface area (Å²) in [6, 6.07) is 6.98. The molecule has 1 rings (SSSR count). The molecule has 1 aromatic rings. The molecule has 0 unspecified atom stereocenters. The molecule has 0 aromatic heterocycles. The van der Waals surface area contributed by atoms with E-state index in [0.29, 0.717) is 24.5 Å². The molecule has 0 saturated carbocycles. The second-order valence-electron chi connectivity index (χ2n) is 7.53. The van der Waals surface area contributed by atoms with Crippen LogP contribution >= 0.6 is 0 Å². The lowest BCUT2D eigenvalue weighted by atomic mass is 9.87. The molecule has 0 bridgehead atoms. The number of rotatable bonds is 10. The molecular formula is C18H33N3O2S. The smallest absolute Gasteiger partial charge is 0.243 e. The van der Waals surface area contributed by atoms with E-state index in [1.165, 1.54) is 0 Å². The topological polar surface area (TPSA) is 75.4 Å². The standard InChI is InChI=1S/C18H33N3O2S/c1-15(2)13-21(14-18(3,4)10-7-11-19)24(22,23)17-9-6-8-16(12-17)20-5/h6,8-9,12,15,20H,7,10-11,13-14,19H2,1-5H3. The molecule has 6 heteroatoms. The number of hydrogen-bond acceptors (Lipinski definition) is 4. The van der Waals surface area contributed by atoms with Crippen molar-refractivity contribution in [3.8, 4) is 0 Å². The lowest BCUT2D eigenvalue weighted by Gasteiger charge is -2.33. The van der Waals surface area contributed by atoms with Crippen molar-refractivity contribution in [1.82, 2.24) is 4.31 Å². The largest absolute Gasteiger partial charge is 0.388 e. The first-order valence-corrected chi connectivity index (χ1v) is 10.0. The fourth-order valence-electron chi connectivity index (χ4n) is 2.75. The maximum atomic E-state index is 13.2. The van der Waals surface area contributed by atoms with Gasteiger partial charge in [0.05, 0.1) is 4.90 Å². The summed E-state index contributed by atoms with van der Waals surface area (Å²) in [5.74, 6) is 0.262. The van der Waals surface area contributed by atoms with Gasteiger partial charge in [-0.3, -0.25) is 0 Å². The highest BCUT2D eigenvalue weighted by Crippen LogP contribution is 2.28. The van der Waals surface area contributed by atoms with Gasteiger partial charge in [0.2, 0.25) is 10.0 Å². The third kappa shape index (κ3) is 6.07. The van der Waals surface area contributed by atoms with Crippen LogP contribution in [-0.2, 0) is 10.0 Å². The first-order chi connectivity index (χ1) is 11.1. The molecule has 0 aliphatic rings. The Labute approximate surface area is 147 Å². The first-order valence-electron chi connectivity index (χ1n) is 8.60. The van der Waals surface area contributed by atoms with E-state index in [4.69, 9.17) is 5.73 Å². The predicted octanol–water partition coefficient (Wildman–Crippen LogP) is 3.14. The van der Waals surface area contributed by atoms with Gasteiger partial charge in [-0.2, -0.15) is 4.31 Å². The van der Waals surface area contributed by atoms with Gasteiger partial charge in [-0.25, -0.2) is 8.42 Å². The number of benzene rings is 1. The molecule has 0 spiro atoms. The molecule has 0 atom stereocenters. The molecule has 1 aromatic carbocycles. The van der Waals surface area contributed by atoms with Crippen LogP contribution in [0.3, 0.4) is 0 Å². The van der Waals surface area contributed by atoms with Crippen LogP contribution in [0.2, 0.25) is 0 Å². The lowest BCUT2D eigenvalue weighted by molar-refractivity contribution is 0.227. The maximum absolute atomic E-state index is 13.2. The van der Waals surface area contributed by atoms with Crippen LogP contribution in [0.25, 0.3) is 0 Å². The van der Waals surface area contributed by atoms with E-state index in [1.807, 2.05) is 19.9 Å².